The van der Waals surface area contributed by atoms with Gasteiger partial charge in [-0.3, -0.25) is 4.72 Å². The molecule has 1 aromatic carbocycles. The van der Waals surface area contributed by atoms with Crippen molar-refractivity contribution in [1.82, 2.24) is 14.7 Å². The van der Waals surface area contributed by atoms with Crippen LogP contribution in [0.5, 0.6) is 0 Å². The molecule has 1 saturated carbocycles. The second-order valence-corrected chi connectivity index (χ2v) is 6.30. The van der Waals surface area contributed by atoms with Crippen molar-refractivity contribution in [1.29, 1.82) is 0 Å². The zero-order valence-electron chi connectivity index (χ0n) is 12.3. The van der Waals surface area contributed by atoms with Crippen LogP contribution < -0.4 is 10.0 Å². The minimum Gasteiger partial charge on any atom is -0.395 e. The second kappa shape index (κ2) is 7.58. The van der Waals surface area contributed by atoms with Gasteiger partial charge < -0.3 is 10.4 Å². The van der Waals surface area contributed by atoms with Crippen LogP contribution in [0.2, 0.25) is 0 Å². The lowest BCUT2D eigenvalue weighted by molar-refractivity contribution is 0.302. The zero-order valence-corrected chi connectivity index (χ0v) is 13.1. The summed E-state index contributed by atoms with van der Waals surface area (Å²) in [6, 6.07) is 8.01. The van der Waals surface area contributed by atoms with E-state index in [1.807, 2.05) is 36.7 Å². The van der Waals surface area contributed by atoms with Crippen LogP contribution in [0.4, 0.5) is 11.6 Å². The molecule has 0 unspecified atom stereocenters. The molecule has 0 aliphatic heterocycles. The summed E-state index contributed by atoms with van der Waals surface area (Å²) in [7, 11) is 0. The molecule has 1 aliphatic carbocycles. The third-order valence-electron chi connectivity index (χ3n) is 3.76. The Kier molecular flexibility index (Phi) is 5.26. The molecule has 22 heavy (non-hydrogen) atoms. The first kappa shape index (κ1) is 15.3. The fourth-order valence-electron chi connectivity index (χ4n) is 2.27. The van der Waals surface area contributed by atoms with Gasteiger partial charge in [0.25, 0.3) is 0 Å². The molecule has 5 nitrogen and oxygen atoms in total. The molecule has 6 heteroatoms. The van der Waals surface area contributed by atoms with E-state index in [1.165, 1.54) is 36.8 Å². The van der Waals surface area contributed by atoms with E-state index in [-0.39, 0.29) is 6.61 Å². The van der Waals surface area contributed by atoms with Crippen LogP contribution in [0.3, 0.4) is 0 Å². The Hall–Kier alpha value is -1.63. The molecule has 1 aliphatic rings. The first-order valence-electron chi connectivity index (χ1n) is 7.55. The number of aromatic nitrogens is 2. The number of anilines is 2. The number of aliphatic hydroxyl groups is 1. The number of nitrogens with zero attached hydrogens (tertiary/aromatic N) is 2. The van der Waals surface area contributed by atoms with Gasteiger partial charge in [-0.2, -0.15) is 0 Å². The number of aliphatic hydroxyl groups excluding tert-OH is 1. The smallest absolute Gasteiger partial charge is 0.227 e. The lowest BCUT2D eigenvalue weighted by Gasteiger charge is -2.24. The number of hydrogen-bond donors (Lipinski definition) is 3. The van der Waals surface area contributed by atoms with Crippen molar-refractivity contribution in [3.05, 3.63) is 42.2 Å². The fourth-order valence-corrected chi connectivity index (χ4v) is 2.90. The van der Waals surface area contributed by atoms with E-state index in [1.54, 1.807) is 0 Å². The number of nitrogens with one attached hydrogen (secondary N) is 2. The highest BCUT2D eigenvalue weighted by molar-refractivity contribution is 7.97. The van der Waals surface area contributed by atoms with Gasteiger partial charge in [0, 0.05) is 29.5 Å². The maximum atomic E-state index is 8.73. The average Bonchev–Trinajstić information content (AvgIpc) is 2.49. The Morgan fingerprint density at radius 3 is 2.45 bits per heavy atom. The second-order valence-electron chi connectivity index (χ2n) is 5.34. The van der Waals surface area contributed by atoms with Crippen LogP contribution in [0.25, 0.3) is 0 Å². The Morgan fingerprint density at radius 1 is 1.14 bits per heavy atom. The van der Waals surface area contributed by atoms with Crippen LogP contribution >= 0.6 is 11.9 Å². The van der Waals surface area contributed by atoms with E-state index in [4.69, 9.17) is 5.11 Å². The Bertz CT molecular complexity index is 584. The van der Waals surface area contributed by atoms with Crippen LogP contribution in [-0.2, 0) is 0 Å². The minimum absolute atomic E-state index is 0.140. The minimum atomic E-state index is 0.140. The summed E-state index contributed by atoms with van der Waals surface area (Å²) in [6.45, 7) is 0.715. The van der Waals surface area contributed by atoms with E-state index < -0.39 is 0 Å². The predicted molar refractivity (Wildman–Crippen MR) is 89.3 cm³/mol. The monoisotopic (exact) mass is 316 g/mol. The van der Waals surface area contributed by atoms with E-state index in [2.05, 4.69) is 20.0 Å². The molecule has 0 amide bonds. The highest BCUT2D eigenvalue weighted by atomic mass is 32.2. The van der Waals surface area contributed by atoms with Crippen LogP contribution in [0.1, 0.15) is 30.7 Å². The summed E-state index contributed by atoms with van der Waals surface area (Å²) in [5, 5.41) is 11.9. The lowest BCUT2D eigenvalue weighted by Crippen LogP contribution is -2.10. The zero-order chi connectivity index (χ0) is 15.2. The molecular weight excluding hydrogens is 296 g/mol. The average molecular weight is 316 g/mol. The van der Waals surface area contributed by atoms with E-state index in [0.29, 0.717) is 18.4 Å². The van der Waals surface area contributed by atoms with Gasteiger partial charge in [-0.05, 0) is 60.5 Å². The van der Waals surface area contributed by atoms with Gasteiger partial charge in [0.1, 0.15) is 0 Å². The van der Waals surface area contributed by atoms with E-state index in [9.17, 15) is 0 Å². The quantitative estimate of drug-likeness (QED) is 0.539. The predicted octanol–water partition coefficient (Wildman–Crippen LogP) is 3.08. The Morgan fingerprint density at radius 2 is 1.86 bits per heavy atom. The van der Waals surface area contributed by atoms with E-state index in [0.717, 1.165) is 10.6 Å². The first-order valence-corrected chi connectivity index (χ1v) is 8.36. The summed E-state index contributed by atoms with van der Waals surface area (Å²) in [5.41, 5.74) is 2.21. The lowest BCUT2D eigenvalue weighted by atomic mass is 9.81. The molecule has 2 aromatic rings. The summed E-state index contributed by atoms with van der Waals surface area (Å²) < 4.78 is 3.07. The van der Waals surface area contributed by atoms with Gasteiger partial charge >= 0.3 is 0 Å². The molecule has 0 bridgehead atoms. The third kappa shape index (κ3) is 3.97. The van der Waals surface area contributed by atoms with Crippen LogP contribution in [0.15, 0.2) is 41.6 Å². The molecule has 3 N–H and O–H groups in total. The molecule has 1 heterocycles. The number of rotatable bonds is 7. The van der Waals surface area contributed by atoms with Crippen molar-refractivity contribution in [3.63, 3.8) is 0 Å². The molecule has 0 atom stereocenters. The maximum absolute atomic E-state index is 8.73. The van der Waals surface area contributed by atoms with E-state index >= 15 is 0 Å². The third-order valence-corrected chi connectivity index (χ3v) is 4.62. The van der Waals surface area contributed by atoms with Gasteiger partial charge in [-0.25, -0.2) is 9.97 Å². The highest BCUT2D eigenvalue weighted by Crippen LogP contribution is 2.35. The first-order chi connectivity index (χ1) is 10.8. The van der Waals surface area contributed by atoms with Crippen molar-refractivity contribution in [2.75, 3.05) is 18.5 Å². The van der Waals surface area contributed by atoms with Gasteiger partial charge in [0.05, 0.1) is 6.61 Å². The Balaban J connectivity index is 1.55. The van der Waals surface area contributed by atoms with Crippen molar-refractivity contribution in [2.45, 2.75) is 30.1 Å². The summed E-state index contributed by atoms with van der Waals surface area (Å²) in [5.74, 6) is 1.29. The topological polar surface area (TPSA) is 70.1 Å². The van der Waals surface area contributed by atoms with Gasteiger partial charge in [0.2, 0.25) is 5.95 Å². The molecule has 0 spiro atoms. The maximum Gasteiger partial charge on any atom is 0.227 e. The van der Waals surface area contributed by atoms with Gasteiger partial charge in [0.15, 0.2) is 0 Å². The standard InChI is InChI=1S/C16H20N4OS/c21-9-8-19-22-15-6-4-14(5-7-15)20-16-17-10-13(11-18-16)12-2-1-3-12/h4-7,10-12,19,21H,1-3,8-9H2,(H,17,18,20). The molecule has 0 radical (unpaired) electrons. The normalized spacial score (nSPS) is 14.6. The SMILES string of the molecule is OCCNSc1ccc(Nc2ncc(C3CCC3)cn2)cc1. The summed E-state index contributed by atoms with van der Waals surface area (Å²) >= 11 is 1.51. The number of benzene rings is 1. The fraction of sp³-hybridized carbons (Fsp3) is 0.375. The van der Waals surface area contributed by atoms with Crippen molar-refractivity contribution >= 4 is 23.6 Å². The molecule has 1 fully saturated rings. The van der Waals surface area contributed by atoms with Crippen LogP contribution in [-0.4, -0.2) is 28.2 Å². The van der Waals surface area contributed by atoms with Crippen LogP contribution in [0, 0.1) is 0 Å². The molecule has 116 valence electrons. The Labute approximate surface area is 134 Å². The van der Waals surface area contributed by atoms with Gasteiger partial charge in [-0.15, -0.1) is 0 Å². The molecule has 0 saturated heterocycles. The molecule has 1 aromatic heterocycles. The summed E-state index contributed by atoms with van der Waals surface area (Å²) in [6.07, 6.45) is 7.71. The van der Waals surface area contributed by atoms with Gasteiger partial charge in [-0.1, -0.05) is 6.42 Å². The molecule has 3 rings (SSSR count). The molecular formula is C16H20N4OS. The summed E-state index contributed by atoms with van der Waals surface area (Å²) in [4.78, 5) is 9.88. The number of hydrogen-bond acceptors (Lipinski definition) is 6. The highest BCUT2D eigenvalue weighted by Gasteiger charge is 2.19. The van der Waals surface area contributed by atoms with Crippen molar-refractivity contribution in [2.24, 2.45) is 0 Å². The van der Waals surface area contributed by atoms with Crippen molar-refractivity contribution in [3.8, 4) is 0 Å². The van der Waals surface area contributed by atoms with Crippen molar-refractivity contribution < 1.29 is 5.11 Å². The largest absolute Gasteiger partial charge is 0.395 e.